The zero-order chi connectivity index (χ0) is 19.5. The van der Waals surface area contributed by atoms with Gasteiger partial charge in [-0.05, 0) is 72.1 Å². The first-order valence-electron chi connectivity index (χ1n) is 9.10. The van der Waals surface area contributed by atoms with Crippen LogP contribution >= 0.6 is 15.9 Å². The van der Waals surface area contributed by atoms with Crippen LogP contribution in [0.2, 0.25) is 0 Å². The fourth-order valence-electron chi connectivity index (χ4n) is 2.83. The van der Waals surface area contributed by atoms with E-state index in [1.54, 1.807) is 24.3 Å². The average Bonchev–Trinajstić information content (AvgIpc) is 3.51. The number of hydrogen-bond donors (Lipinski definition) is 2. The zero-order valence-corrected chi connectivity index (χ0v) is 16.7. The van der Waals surface area contributed by atoms with Crippen molar-refractivity contribution in [3.05, 3.63) is 70.7 Å². The number of fused-ring (bicyclic) bond motifs is 1. The van der Waals surface area contributed by atoms with Crippen LogP contribution in [0.15, 0.2) is 65.1 Å². The number of nitrogens with one attached hydrogen (secondary N) is 2. The molecule has 0 bridgehead atoms. The van der Waals surface area contributed by atoms with Crippen LogP contribution in [0.1, 0.15) is 23.2 Å². The van der Waals surface area contributed by atoms with E-state index in [0.717, 1.165) is 28.1 Å². The molecule has 5 nitrogen and oxygen atoms in total. The van der Waals surface area contributed by atoms with Gasteiger partial charge in [0.15, 0.2) is 6.61 Å². The number of halogens is 1. The van der Waals surface area contributed by atoms with Gasteiger partial charge in [-0.1, -0.05) is 28.1 Å². The molecule has 3 aromatic rings. The molecule has 142 valence electrons. The molecule has 1 aliphatic rings. The van der Waals surface area contributed by atoms with Crippen LogP contribution in [0.5, 0.6) is 5.75 Å². The lowest BCUT2D eigenvalue weighted by Gasteiger charge is -2.09. The molecule has 0 aromatic heterocycles. The van der Waals surface area contributed by atoms with Crippen molar-refractivity contribution in [2.45, 2.75) is 18.9 Å². The van der Waals surface area contributed by atoms with Gasteiger partial charge in [0, 0.05) is 21.8 Å². The monoisotopic (exact) mass is 438 g/mol. The number of ether oxygens (including phenoxy) is 1. The summed E-state index contributed by atoms with van der Waals surface area (Å²) in [5.74, 6) is 0.301. The number of hydrogen-bond acceptors (Lipinski definition) is 3. The number of carbonyl (C=O) groups is 2. The zero-order valence-electron chi connectivity index (χ0n) is 15.1. The maximum atomic E-state index is 12.1. The number of benzene rings is 3. The minimum Gasteiger partial charge on any atom is -0.484 e. The maximum Gasteiger partial charge on any atom is 0.262 e. The van der Waals surface area contributed by atoms with Gasteiger partial charge in [0.1, 0.15) is 5.75 Å². The normalized spacial score (nSPS) is 13.2. The molecule has 28 heavy (non-hydrogen) atoms. The summed E-state index contributed by atoms with van der Waals surface area (Å²) < 4.78 is 6.62. The van der Waals surface area contributed by atoms with Crippen LogP contribution in [0.3, 0.4) is 0 Å². The van der Waals surface area contributed by atoms with Crippen molar-refractivity contribution in [3.63, 3.8) is 0 Å². The summed E-state index contributed by atoms with van der Waals surface area (Å²) in [5.41, 5.74) is 1.21. The molecule has 0 atom stereocenters. The molecule has 3 aromatic carbocycles. The molecule has 4 rings (SSSR count). The van der Waals surface area contributed by atoms with Gasteiger partial charge in [-0.2, -0.15) is 0 Å². The molecule has 0 spiro atoms. The smallest absolute Gasteiger partial charge is 0.262 e. The van der Waals surface area contributed by atoms with Crippen molar-refractivity contribution in [2.24, 2.45) is 0 Å². The molecule has 0 radical (unpaired) electrons. The molecule has 0 unspecified atom stereocenters. The minimum absolute atomic E-state index is 0.0768. The number of anilines is 1. The fraction of sp³-hybridized carbons (Fsp3) is 0.182. The second kappa shape index (κ2) is 8.02. The summed E-state index contributed by atoms with van der Waals surface area (Å²) in [6, 6.07) is 18.9. The molecule has 1 fully saturated rings. The van der Waals surface area contributed by atoms with Gasteiger partial charge in [-0.3, -0.25) is 9.59 Å². The van der Waals surface area contributed by atoms with Gasteiger partial charge in [-0.25, -0.2) is 0 Å². The van der Waals surface area contributed by atoms with Crippen molar-refractivity contribution in [1.29, 1.82) is 0 Å². The second-order valence-electron chi connectivity index (χ2n) is 6.82. The van der Waals surface area contributed by atoms with Gasteiger partial charge in [0.25, 0.3) is 11.8 Å². The first-order valence-corrected chi connectivity index (χ1v) is 9.89. The minimum atomic E-state index is -0.258. The third kappa shape index (κ3) is 4.70. The Labute approximate surface area is 171 Å². The van der Waals surface area contributed by atoms with E-state index in [1.807, 2.05) is 36.4 Å². The number of amides is 2. The Morgan fingerprint density at radius 1 is 0.964 bits per heavy atom. The Kier molecular flexibility index (Phi) is 5.30. The van der Waals surface area contributed by atoms with E-state index in [0.29, 0.717) is 23.0 Å². The van der Waals surface area contributed by atoms with Gasteiger partial charge < -0.3 is 15.4 Å². The third-order valence-corrected chi connectivity index (χ3v) is 4.98. The summed E-state index contributed by atoms with van der Waals surface area (Å²) in [5, 5.41) is 7.85. The third-order valence-electron chi connectivity index (χ3n) is 4.49. The van der Waals surface area contributed by atoms with E-state index in [4.69, 9.17) is 4.74 Å². The van der Waals surface area contributed by atoms with Crippen LogP contribution in [0.4, 0.5) is 5.69 Å². The Morgan fingerprint density at radius 2 is 1.68 bits per heavy atom. The molecule has 0 heterocycles. The van der Waals surface area contributed by atoms with Gasteiger partial charge >= 0.3 is 0 Å². The highest BCUT2D eigenvalue weighted by Gasteiger charge is 2.23. The van der Waals surface area contributed by atoms with Crippen molar-refractivity contribution >= 4 is 44.2 Å². The number of carbonyl (C=O) groups excluding carboxylic acids is 2. The van der Waals surface area contributed by atoms with E-state index >= 15 is 0 Å². The van der Waals surface area contributed by atoms with E-state index in [2.05, 4.69) is 26.6 Å². The lowest BCUT2D eigenvalue weighted by molar-refractivity contribution is -0.118. The van der Waals surface area contributed by atoms with Crippen LogP contribution < -0.4 is 15.4 Å². The first-order chi connectivity index (χ1) is 13.6. The van der Waals surface area contributed by atoms with Crippen molar-refractivity contribution < 1.29 is 14.3 Å². The lowest BCUT2D eigenvalue weighted by Crippen LogP contribution is -2.25. The van der Waals surface area contributed by atoms with Crippen molar-refractivity contribution in [1.82, 2.24) is 5.32 Å². The summed E-state index contributed by atoms with van der Waals surface area (Å²) in [4.78, 5) is 24.1. The lowest BCUT2D eigenvalue weighted by atomic mass is 10.1. The van der Waals surface area contributed by atoms with Crippen molar-refractivity contribution in [3.8, 4) is 5.75 Å². The Morgan fingerprint density at radius 3 is 2.43 bits per heavy atom. The van der Waals surface area contributed by atoms with Crippen LogP contribution in [-0.2, 0) is 4.79 Å². The summed E-state index contributed by atoms with van der Waals surface area (Å²) in [6.45, 7) is -0.0913. The highest BCUT2D eigenvalue weighted by molar-refractivity contribution is 9.10. The van der Waals surface area contributed by atoms with Crippen molar-refractivity contribution in [2.75, 3.05) is 11.9 Å². The first kappa shape index (κ1) is 18.5. The molecular weight excluding hydrogens is 420 g/mol. The predicted molar refractivity (Wildman–Crippen MR) is 113 cm³/mol. The Balaban J connectivity index is 1.31. The Bertz CT molecular complexity index is 1030. The van der Waals surface area contributed by atoms with E-state index in [1.165, 1.54) is 0 Å². The van der Waals surface area contributed by atoms with Crippen LogP contribution in [0, 0.1) is 0 Å². The molecule has 2 N–H and O–H groups in total. The predicted octanol–water partition coefficient (Wildman–Crippen LogP) is 4.51. The molecular formula is C22H19BrN2O3. The van der Waals surface area contributed by atoms with Gasteiger partial charge in [0.2, 0.25) is 0 Å². The molecule has 0 aliphatic heterocycles. The van der Waals surface area contributed by atoms with E-state index in [9.17, 15) is 9.59 Å². The summed E-state index contributed by atoms with van der Waals surface area (Å²) in [6.07, 6.45) is 2.10. The Hall–Kier alpha value is -2.86. The summed E-state index contributed by atoms with van der Waals surface area (Å²) >= 11 is 3.45. The van der Waals surface area contributed by atoms with Gasteiger partial charge in [-0.15, -0.1) is 0 Å². The molecule has 6 heteroatoms. The molecule has 1 saturated carbocycles. The average molecular weight is 439 g/mol. The standard InChI is InChI=1S/C22H19BrN2O3/c23-17-5-1-16-12-20(10-4-15(16)11-17)28-13-21(26)24-18-6-2-14(3-7-18)22(27)25-19-8-9-19/h1-7,10-12,19H,8-9,13H2,(H,24,26)(H,25,27). The van der Waals surface area contributed by atoms with Gasteiger partial charge in [0.05, 0.1) is 0 Å². The molecule has 1 aliphatic carbocycles. The van der Waals surface area contributed by atoms with E-state index in [-0.39, 0.29) is 18.4 Å². The molecule has 2 amide bonds. The molecule has 0 saturated heterocycles. The highest BCUT2D eigenvalue weighted by atomic mass is 79.9. The summed E-state index contributed by atoms with van der Waals surface area (Å²) in [7, 11) is 0. The SMILES string of the molecule is O=C(COc1ccc2cc(Br)ccc2c1)Nc1ccc(C(=O)NC2CC2)cc1. The fourth-order valence-corrected chi connectivity index (χ4v) is 3.21. The highest BCUT2D eigenvalue weighted by Crippen LogP contribution is 2.24. The quantitative estimate of drug-likeness (QED) is 0.594. The second-order valence-corrected chi connectivity index (χ2v) is 7.73. The number of rotatable bonds is 6. The maximum absolute atomic E-state index is 12.1. The topological polar surface area (TPSA) is 67.4 Å². The van der Waals surface area contributed by atoms with Crippen LogP contribution in [-0.4, -0.2) is 24.5 Å². The largest absolute Gasteiger partial charge is 0.484 e. The van der Waals surface area contributed by atoms with E-state index < -0.39 is 0 Å². The van der Waals surface area contributed by atoms with Crippen LogP contribution in [0.25, 0.3) is 10.8 Å².